The summed E-state index contributed by atoms with van der Waals surface area (Å²) in [5, 5.41) is 0.760. The van der Waals surface area contributed by atoms with Gasteiger partial charge in [0.2, 0.25) is 0 Å². The van der Waals surface area contributed by atoms with E-state index in [0.29, 0.717) is 31.5 Å². The molecule has 0 aliphatic carbocycles. The highest BCUT2D eigenvalue weighted by Gasteiger charge is 2.37. The van der Waals surface area contributed by atoms with Crippen molar-refractivity contribution in [3.8, 4) is 0 Å². The summed E-state index contributed by atoms with van der Waals surface area (Å²) < 4.78 is 15.8. The van der Waals surface area contributed by atoms with Gasteiger partial charge in [-0.05, 0) is 0 Å². The van der Waals surface area contributed by atoms with E-state index in [4.69, 9.17) is 23.9 Å². The van der Waals surface area contributed by atoms with Gasteiger partial charge in [0.05, 0.1) is 64.5 Å². The van der Waals surface area contributed by atoms with E-state index in [2.05, 4.69) is 12.6 Å². The van der Waals surface area contributed by atoms with E-state index in [1.807, 2.05) is 0 Å². The predicted octanol–water partition coefficient (Wildman–Crippen LogP) is -1.12. The molecule has 1 atom stereocenters. The number of carbonyl (C=O) groups is 4. The summed E-state index contributed by atoms with van der Waals surface area (Å²) in [5.74, 6) is -1.89. The molecule has 0 aromatic carbocycles. The molecule has 1 unspecified atom stereocenters. The Bertz CT molecular complexity index is 595. The maximum atomic E-state index is 11.5. The van der Waals surface area contributed by atoms with Gasteiger partial charge in [0.25, 0.3) is 23.6 Å². The first kappa shape index (κ1) is 22.5. The first-order chi connectivity index (χ1) is 13.5. The largest absolute Gasteiger partial charge is 0.377 e. The maximum absolute atomic E-state index is 11.5. The van der Waals surface area contributed by atoms with Crippen LogP contribution < -0.4 is 0 Å². The maximum Gasteiger partial charge on any atom is 0.277 e. The van der Waals surface area contributed by atoms with Crippen molar-refractivity contribution in [2.24, 2.45) is 0 Å². The van der Waals surface area contributed by atoms with Gasteiger partial charge in [-0.1, -0.05) is 0 Å². The normalized spacial score (nSPS) is 19.5. The Morgan fingerprint density at radius 3 is 1.61 bits per heavy atom. The van der Waals surface area contributed by atoms with Gasteiger partial charge in [0.15, 0.2) is 0 Å². The number of hydrogen-bond acceptors (Lipinski definition) is 10. The number of imide groups is 2. The van der Waals surface area contributed by atoms with Gasteiger partial charge in [-0.3, -0.25) is 28.9 Å². The molecule has 2 heterocycles. The number of rotatable bonds is 14. The summed E-state index contributed by atoms with van der Waals surface area (Å²) in [6.45, 7) is 1.85. The van der Waals surface area contributed by atoms with Crippen molar-refractivity contribution in [1.82, 2.24) is 10.1 Å². The predicted molar refractivity (Wildman–Crippen MR) is 94.6 cm³/mol. The lowest BCUT2D eigenvalue weighted by Crippen LogP contribution is -2.32. The number of ether oxygens (including phenoxy) is 3. The van der Waals surface area contributed by atoms with Crippen molar-refractivity contribution in [3.05, 3.63) is 12.2 Å². The highest BCUT2D eigenvalue weighted by molar-refractivity contribution is 7.81. The van der Waals surface area contributed by atoms with Gasteiger partial charge in [-0.25, -0.2) is 0 Å². The minimum absolute atomic E-state index is 0.0382. The Balaban J connectivity index is 1.34. The molecule has 0 radical (unpaired) electrons. The molecule has 28 heavy (non-hydrogen) atoms. The topological polar surface area (TPSA) is 121 Å². The summed E-state index contributed by atoms with van der Waals surface area (Å²) in [5.41, 5.74) is 0. The Labute approximate surface area is 166 Å². The SMILES string of the molecule is O=C1C=CC(=O)N1OCCOCCOCCOCCON1C(=O)CC(S)C1=O. The second-order valence-corrected chi connectivity index (χ2v) is 6.18. The molecule has 2 aliphatic heterocycles. The number of amides is 4. The summed E-state index contributed by atoms with van der Waals surface area (Å²) in [6.07, 6.45) is 2.30. The summed E-state index contributed by atoms with van der Waals surface area (Å²) in [4.78, 5) is 55.4. The van der Waals surface area contributed by atoms with E-state index in [1.54, 1.807) is 0 Å². The third kappa shape index (κ3) is 6.96. The number of thiol groups is 1. The van der Waals surface area contributed by atoms with Crippen LogP contribution in [0.3, 0.4) is 0 Å². The molecule has 156 valence electrons. The van der Waals surface area contributed by atoms with Crippen LogP contribution in [0.1, 0.15) is 6.42 Å². The molecule has 0 N–H and O–H groups in total. The van der Waals surface area contributed by atoms with Crippen molar-refractivity contribution in [2.75, 3.05) is 52.9 Å². The number of nitrogens with zero attached hydrogens (tertiary/aromatic N) is 2. The van der Waals surface area contributed by atoms with Crippen LogP contribution in [0.15, 0.2) is 12.2 Å². The molecule has 1 fully saturated rings. The van der Waals surface area contributed by atoms with Gasteiger partial charge < -0.3 is 14.2 Å². The first-order valence-electron chi connectivity index (χ1n) is 8.60. The van der Waals surface area contributed by atoms with Gasteiger partial charge >= 0.3 is 0 Å². The molecule has 4 amide bonds. The third-order valence-electron chi connectivity index (χ3n) is 3.49. The lowest BCUT2D eigenvalue weighted by molar-refractivity contribution is -0.191. The van der Waals surface area contributed by atoms with E-state index in [0.717, 1.165) is 17.2 Å². The fourth-order valence-electron chi connectivity index (χ4n) is 2.16. The lowest BCUT2D eigenvalue weighted by Gasteiger charge is -2.14. The van der Waals surface area contributed by atoms with Gasteiger partial charge in [0, 0.05) is 12.2 Å². The van der Waals surface area contributed by atoms with Crippen LogP contribution in [0.4, 0.5) is 0 Å². The minimum Gasteiger partial charge on any atom is -0.377 e. The average Bonchev–Trinajstić information content (AvgIpc) is 3.11. The van der Waals surface area contributed by atoms with E-state index >= 15 is 0 Å². The van der Waals surface area contributed by atoms with Crippen molar-refractivity contribution in [3.63, 3.8) is 0 Å². The zero-order valence-corrected chi connectivity index (χ0v) is 16.0. The third-order valence-corrected chi connectivity index (χ3v) is 3.89. The van der Waals surface area contributed by atoms with Crippen LogP contribution in [-0.2, 0) is 43.1 Å². The molecule has 0 saturated carbocycles. The van der Waals surface area contributed by atoms with Gasteiger partial charge in [-0.2, -0.15) is 17.7 Å². The van der Waals surface area contributed by atoms with Crippen molar-refractivity contribution in [2.45, 2.75) is 11.7 Å². The van der Waals surface area contributed by atoms with Crippen LogP contribution in [0.5, 0.6) is 0 Å². The molecule has 2 rings (SSSR count). The highest BCUT2D eigenvalue weighted by atomic mass is 32.1. The molecule has 1 saturated heterocycles. The zero-order valence-electron chi connectivity index (χ0n) is 15.1. The second kappa shape index (κ2) is 11.9. The summed E-state index contributed by atoms with van der Waals surface area (Å²) in [6, 6.07) is 0. The Kier molecular flexibility index (Phi) is 9.54. The van der Waals surface area contributed by atoms with E-state index in [9.17, 15) is 19.2 Å². The van der Waals surface area contributed by atoms with E-state index in [-0.39, 0.29) is 32.8 Å². The van der Waals surface area contributed by atoms with E-state index in [1.165, 1.54) is 0 Å². The van der Waals surface area contributed by atoms with Crippen molar-refractivity contribution >= 4 is 36.3 Å². The van der Waals surface area contributed by atoms with Crippen LogP contribution in [0.25, 0.3) is 0 Å². The number of hydroxylamine groups is 4. The standard InChI is InChI=1S/C16H22N2O9S/c19-13-1-2-14(20)17(13)26-9-7-24-5-3-23-4-6-25-8-10-27-18-15(21)11-12(28)16(18)22/h1-2,12,28H,3-11H2. The molecule has 11 nitrogen and oxygen atoms in total. The Morgan fingerprint density at radius 1 is 0.750 bits per heavy atom. The van der Waals surface area contributed by atoms with Gasteiger partial charge in [-0.15, -0.1) is 5.06 Å². The van der Waals surface area contributed by atoms with Crippen molar-refractivity contribution < 1.29 is 43.1 Å². The fourth-order valence-corrected chi connectivity index (χ4v) is 2.42. The van der Waals surface area contributed by atoms with Crippen LogP contribution >= 0.6 is 12.6 Å². The number of carbonyl (C=O) groups excluding carboxylic acids is 4. The summed E-state index contributed by atoms with van der Waals surface area (Å²) in [7, 11) is 0. The van der Waals surface area contributed by atoms with Crippen molar-refractivity contribution in [1.29, 1.82) is 0 Å². The quantitative estimate of drug-likeness (QED) is 0.212. The monoisotopic (exact) mass is 418 g/mol. The van der Waals surface area contributed by atoms with Gasteiger partial charge in [0.1, 0.15) is 0 Å². The second-order valence-electron chi connectivity index (χ2n) is 5.55. The number of hydrogen-bond donors (Lipinski definition) is 1. The first-order valence-corrected chi connectivity index (χ1v) is 9.12. The molecular formula is C16H22N2O9S. The molecular weight excluding hydrogens is 396 g/mol. The van der Waals surface area contributed by atoms with Crippen LogP contribution in [0.2, 0.25) is 0 Å². The molecule has 0 spiro atoms. The molecule has 0 aromatic heterocycles. The Hall–Kier alpha value is -1.83. The molecule has 2 aliphatic rings. The average molecular weight is 418 g/mol. The van der Waals surface area contributed by atoms with Crippen LogP contribution in [0, 0.1) is 0 Å². The van der Waals surface area contributed by atoms with E-state index < -0.39 is 28.9 Å². The molecule has 0 bridgehead atoms. The lowest BCUT2D eigenvalue weighted by atomic mass is 10.4. The minimum atomic E-state index is -0.641. The molecule has 12 heteroatoms. The molecule has 0 aromatic rings. The smallest absolute Gasteiger partial charge is 0.277 e. The highest BCUT2D eigenvalue weighted by Crippen LogP contribution is 2.17. The zero-order chi connectivity index (χ0) is 20.4. The fraction of sp³-hybridized carbons (Fsp3) is 0.625. The van der Waals surface area contributed by atoms with Crippen LogP contribution in [-0.4, -0.2) is 91.9 Å². The summed E-state index contributed by atoms with van der Waals surface area (Å²) >= 11 is 3.98. The Morgan fingerprint density at radius 2 is 1.18 bits per heavy atom.